The van der Waals surface area contributed by atoms with Gasteiger partial charge in [-0.05, 0) is 37.5 Å². The van der Waals surface area contributed by atoms with Gasteiger partial charge in [0.05, 0.1) is 43.4 Å². The van der Waals surface area contributed by atoms with Crippen molar-refractivity contribution in [3.05, 3.63) is 78.8 Å². The molecule has 1 aliphatic heterocycles. The van der Waals surface area contributed by atoms with Crippen LogP contribution in [0.15, 0.2) is 46.7 Å². The van der Waals surface area contributed by atoms with Gasteiger partial charge in [-0.2, -0.15) is 5.26 Å². The summed E-state index contributed by atoms with van der Waals surface area (Å²) in [6, 6.07) is 3.22. The van der Waals surface area contributed by atoms with E-state index in [0.29, 0.717) is 17.0 Å². The van der Waals surface area contributed by atoms with Gasteiger partial charge in [0.15, 0.2) is 11.6 Å². The van der Waals surface area contributed by atoms with Gasteiger partial charge < -0.3 is 14.9 Å². The second-order valence-corrected chi connectivity index (χ2v) is 12.7. The Morgan fingerprint density at radius 2 is 1.85 bits per heavy atom. The summed E-state index contributed by atoms with van der Waals surface area (Å²) >= 11 is 25.5. The highest BCUT2D eigenvalue weighted by atomic mass is 35.5. The largest absolute Gasteiger partial charge is 0.504 e. The Labute approximate surface area is 291 Å². The number of phenolic OH excluding ortho intramolecular Hbond substituents is 1. The number of aromatic hydroxyl groups is 1. The number of halogens is 5. The molecule has 47 heavy (non-hydrogen) atoms. The fourth-order valence-corrected chi connectivity index (χ4v) is 6.66. The summed E-state index contributed by atoms with van der Waals surface area (Å²) < 4.78 is 16.9. The second kappa shape index (κ2) is 14.1. The number of pyridine rings is 2. The highest BCUT2D eigenvalue weighted by Crippen LogP contribution is 2.48. The Kier molecular flexibility index (Phi) is 10.8. The first-order valence-corrected chi connectivity index (χ1v) is 15.9. The molecule has 246 valence electrons. The van der Waals surface area contributed by atoms with E-state index in [9.17, 15) is 20.0 Å². The number of aromatic nitrogens is 2. The molecule has 1 aromatic carbocycles. The van der Waals surface area contributed by atoms with Crippen LogP contribution in [0.4, 0.5) is 10.1 Å². The van der Waals surface area contributed by atoms with Crippen molar-refractivity contribution in [3.8, 4) is 23.1 Å². The van der Waals surface area contributed by atoms with Crippen LogP contribution < -0.4 is 10.5 Å². The Morgan fingerprint density at radius 1 is 1.19 bits per heavy atom. The Morgan fingerprint density at radius 3 is 2.38 bits per heavy atom. The third kappa shape index (κ3) is 6.14. The highest BCUT2D eigenvalue weighted by Gasteiger charge is 2.33. The van der Waals surface area contributed by atoms with Gasteiger partial charge in [-0.1, -0.05) is 79.5 Å². The normalized spacial score (nSPS) is 16.0. The molecule has 1 fully saturated rings. The quantitative estimate of drug-likeness (QED) is 0.0878. The monoisotopic (exact) mass is 718 g/mol. The number of hydrogen-bond acceptors (Lipinski definition) is 7. The molecule has 0 bridgehead atoms. The van der Waals surface area contributed by atoms with E-state index in [1.807, 2.05) is 25.7 Å². The van der Waals surface area contributed by atoms with E-state index in [2.05, 4.69) is 24.2 Å². The standard InChI is InChI=1S/C33H31Cl4FN6O3/c1-8-16(5)29(27(40-7)15(3)4)44-32-18(12-20(34)28(41-32)22-23(35)24(36)25(37)31(46)26(22)38)30(19(13-39)33(44)47)42-10-11-43(17(6)14-42)21(45)9-2/h8-9,12,15,17,46H,1-2,10-11,14H2,3-7H3/b29-16+,40-27-/t17-/m1/s1. The number of phenols is 1. The Bertz CT molecular complexity index is 1990. The average molecular weight is 720 g/mol. The Hall–Kier alpha value is -3.88. The number of carbonyl (C=O) groups is 1. The minimum absolute atomic E-state index is 0.0142. The number of benzene rings is 1. The van der Waals surface area contributed by atoms with Crippen molar-refractivity contribution >= 4 is 80.4 Å². The fourth-order valence-electron chi connectivity index (χ4n) is 5.74. The molecule has 3 heterocycles. The first-order valence-electron chi connectivity index (χ1n) is 14.4. The summed E-state index contributed by atoms with van der Waals surface area (Å²) in [6.45, 7) is 15.6. The number of nitrogens with zero attached hydrogens (tertiary/aromatic N) is 6. The van der Waals surface area contributed by atoms with Crippen molar-refractivity contribution in [2.45, 2.75) is 33.7 Å². The van der Waals surface area contributed by atoms with Crippen molar-refractivity contribution in [1.29, 1.82) is 5.26 Å². The van der Waals surface area contributed by atoms with Gasteiger partial charge in [-0.25, -0.2) is 9.37 Å². The summed E-state index contributed by atoms with van der Waals surface area (Å²) in [4.78, 5) is 39.7. The minimum Gasteiger partial charge on any atom is -0.504 e. The molecule has 0 unspecified atom stereocenters. The zero-order chi connectivity index (χ0) is 35.1. The lowest BCUT2D eigenvalue weighted by atomic mass is 9.99. The molecule has 4 rings (SSSR count). The zero-order valence-electron chi connectivity index (χ0n) is 26.3. The number of nitriles is 1. The molecule has 2 aromatic heterocycles. The topological polar surface area (TPSA) is 115 Å². The van der Waals surface area contributed by atoms with Crippen molar-refractivity contribution in [2.24, 2.45) is 10.9 Å². The molecule has 1 amide bonds. The number of carbonyl (C=O) groups excluding carboxylic acids is 1. The molecule has 0 saturated carbocycles. The van der Waals surface area contributed by atoms with Crippen LogP contribution in [0.2, 0.25) is 20.1 Å². The molecule has 1 N–H and O–H groups in total. The number of allylic oxidation sites excluding steroid dienone is 3. The minimum atomic E-state index is -1.23. The molecule has 9 nitrogen and oxygen atoms in total. The molecular formula is C33H31Cl4FN6O3. The van der Waals surface area contributed by atoms with E-state index in [4.69, 9.17) is 51.4 Å². The van der Waals surface area contributed by atoms with Crippen molar-refractivity contribution < 1.29 is 14.3 Å². The highest BCUT2D eigenvalue weighted by molar-refractivity contribution is 6.50. The van der Waals surface area contributed by atoms with Crippen LogP contribution in [0, 0.1) is 23.1 Å². The van der Waals surface area contributed by atoms with E-state index in [1.54, 1.807) is 24.9 Å². The Balaban J connectivity index is 2.24. The zero-order valence-corrected chi connectivity index (χ0v) is 29.3. The number of piperazine rings is 1. The summed E-state index contributed by atoms with van der Waals surface area (Å²) in [5, 5.41) is 19.9. The lowest BCUT2D eigenvalue weighted by Crippen LogP contribution is -2.54. The van der Waals surface area contributed by atoms with E-state index in [1.165, 1.54) is 16.7 Å². The van der Waals surface area contributed by atoms with Gasteiger partial charge in [0.1, 0.15) is 22.3 Å². The number of amides is 1. The molecule has 0 aliphatic carbocycles. The van der Waals surface area contributed by atoms with Gasteiger partial charge in [-0.3, -0.25) is 19.1 Å². The SMILES string of the molecule is C=CC(=O)N1CCN(c2c(C#N)c(=O)n(C(/C(=N\C)C(C)C)=C(\C)C=C)c3nc(-c4c(F)c(O)c(Cl)c(Cl)c4Cl)c(Cl)cc23)C[C@H]1C. The van der Waals surface area contributed by atoms with Crippen LogP contribution in [0.1, 0.15) is 33.3 Å². The molecular weight excluding hydrogens is 689 g/mol. The smallest absolute Gasteiger partial charge is 0.276 e. The average Bonchev–Trinajstić information content (AvgIpc) is 3.04. The number of rotatable bonds is 7. The lowest BCUT2D eigenvalue weighted by Gasteiger charge is -2.41. The molecule has 3 aromatic rings. The maximum atomic E-state index is 15.7. The van der Waals surface area contributed by atoms with Crippen molar-refractivity contribution in [1.82, 2.24) is 14.5 Å². The third-order valence-electron chi connectivity index (χ3n) is 8.00. The summed E-state index contributed by atoms with van der Waals surface area (Å²) in [5.41, 5.74) is -0.0424. The van der Waals surface area contributed by atoms with Gasteiger partial charge in [0.2, 0.25) is 5.91 Å². The van der Waals surface area contributed by atoms with Gasteiger partial charge in [0.25, 0.3) is 5.56 Å². The number of fused-ring (bicyclic) bond motifs is 1. The third-order valence-corrected chi connectivity index (χ3v) is 9.61. The predicted molar refractivity (Wildman–Crippen MR) is 189 cm³/mol. The molecule has 0 radical (unpaired) electrons. The van der Waals surface area contributed by atoms with Gasteiger partial charge in [0, 0.05) is 38.1 Å². The van der Waals surface area contributed by atoms with E-state index >= 15 is 4.39 Å². The van der Waals surface area contributed by atoms with E-state index in [-0.39, 0.29) is 80.5 Å². The maximum Gasteiger partial charge on any atom is 0.276 e. The molecule has 1 saturated heterocycles. The summed E-state index contributed by atoms with van der Waals surface area (Å²) in [5.74, 6) is -2.63. The molecule has 0 spiro atoms. The van der Waals surface area contributed by atoms with Crippen molar-refractivity contribution in [3.63, 3.8) is 0 Å². The number of aliphatic imine (C=N–C) groups is 1. The second-order valence-electron chi connectivity index (χ2n) is 11.2. The molecule has 1 atom stereocenters. The maximum absolute atomic E-state index is 15.7. The lowest BCUT2D eigenvalue weighted by molar-refractivity contribution is -0.128. The first-order chi connectivity index (χ1) is 22.2. The molecule has 14 heteroatoms. The van der Waals surface area contributed by atoms with Crippen LogP contribution >= 0.6 is 46.4 Å². The van der Waals surface area contributed by atoms with Crippen LogP contribution in [-0.2, 0) is 4.79 Å². The molecule has 1 aliphatic rings. The van der Waals surface area contributed by atoms with Gasteiger partial charge in [-0.15, -0.1) is 0 Å². The number of hydrogen-bond donors (Lipinski definition) is 1. The summed E-state index contributed by atoms with van der Waals surface area (Å²) in [7, 11) is 1.58. The summed E-state index contributed by atoms with van der Waals surface area (Å²) in [6.07, 6.45) is 2.78. The van der Waals surface area contributed by atoms with Gasteiger partial charge >= 0.3 is 0 Å². The number of anilines is 1. The predicted octanol–water partition coefficient (Wildman–Crippen LogP) is 7.76. The van der Waals surface area contributed by atoms with E-state index in [0.717, 1.165) is 0 Å². The van der Waals surface area contributed by atoms with Crippen LogP contribution in [-0.4, -0.2) is 63.9 Å². The van der Waals surface area contributed by atoms with E-state index < -0.39 is 27.7 Å². The van der Waals surface area contributed by atoms with Crippen LogP contribution in [0.5, 0.6) is 5.75 Å². The van der Waals surface area contributed by atoms with Crippen LogP contribution in [0.3, 0.4) is 0 Å². The van der Waals surface area contributed by atoms with Crippen LogP contribution in [0.25, 0.3) is 28.0 Å². The van der Waals surface area contributed by atoms with Crippen molar-refractivity contribution in [2.75, 3.05) is 31.6 Å². The first kappa shape index (κ1) is 36.0. The fraction of sp³-hybridized carbons (Fsp3) is 0.303.